The van der Waals surface area contributed by atoms with Crippen molar-refractivity contribution in [2.45, 2.75) is 19.9 Å². The minimum atomic E-state index is -0.998. The van der Waals surface area contributed by atoms with E-state index in [2.05, 4.69) is 5.16 Å². The van der Waals surface area contributed by atoms with Crippen LogP contribution >= 0.6 is 11.6 Å². The molecule has 0 fully saturated rings. The molecule has 1 aliphatic rings. The van der Waals surface area contributed by atoms with E-state index in [9.17, 15) is 19.7 Å². The Balaban J connectivity index is 1.83. The number of aryl methyl sites for hydroxylation is 2. The molecule has 0 radical (unpaired) electrons. The van der Waals surface area contributed by atoms with Crippen LogP contribution in [0.15, 0.2) is 56.2 Å². The third kappa shape index (κ3) is 2.89. The second kappa shape index (κ2) is 7.03. The molecular formula is C22H14ClN3O6. The van der Waals surface area contributed by atoms with Gasteiger partial charge in [0.25, 0.3) is 11.6 Å². The second-order valence-electron chi connectivity index (χ2n) is 7.50. The molecule has 160 valence electrons. The maximum Gasteiger partial charge on any atom is 0.296 e. The molecule has 1 atom stereocenters. The molecule has 1 amide bonds. The van der Waals surface area contributed by atoms with Crippen LogP contribution in [0.25, 0.3) is 11.0 Å². The van der Waals surface area contributed by atoms with Crippen molar-refractivity contribution in [3.63, 3.8) is 0 Å². The molecule has 1 aliphatic heterocycles. The Kier molecular flexibility index (Phi) is 4.38. The molecule has 2 aromatic heterocycles. The zero-order chi connectivity index (χ0) is 22.7. The molecule has 5 rings (SSSR count). The SMILES string of the molecule is Cc1cc(N2C(=O)c3oc4cc(C)c(Cl)cc4c(=O)c3C2c2cccc([N+](=O)[O-])c2)no1. The Hall–Kier alpha value is -3.98. The standard InChI is InChI=1S/C22H14ClN3O6/c1-10-6-16-14(9-15(10)23)20(27)18-19(12-4-3-5-13(8-12)26(29)30)25(22(28)21(18)31-16)17-7-11(2)32-24-17/h3-9,19H,1-2H3. The van der Waals surface area contributed by atoms with Crippen molar-refractivity contribution in [2.75, 3.05) is 4.90 Å². The van der Waals surface area contributed by atoms with Crippen molar-refractivity contribution in [2.24, 2.45) is 0 Å². The predicted octanol–water partition coefficient (Wildman–Crippen LogP) is 4.71. The molecule has 3 heterocycles. The molecule has 0 bridgehead atoms. The second-order valence-corrected chi connectivity index (χ2v) is 7.90. The number of nitro groups is 1. The number of nitro benzene ring substituents is 1. The number of anilines is 1. The number of carbonyl (C=O) groups is 1. The Morgan fingerprint density at radius 3 is 2.62 bits per heavy atom. The van der Waals surface area contributed by atoms with E-state index in [1.807, 2.05) is 0 Å². The Morgan fingerprint density at radius 2 is 1.94 bits per heavy atom. The summed E-state index contributed by atoms with van der Waals surface area (Å²) in [5, 5.41) is 15.9. The lowest BCUT2D eigenvalue weighted by atomic mass is 9.98. The lowest BCUT2D eigenvalue weighted by Gasteiger charge is -2.22. The van der Waals surface area contributed by atoms with Crippen LogP contribution in [-0.2, 0) is 0 Å². The summed E-state index contributed by atoms with van der Waals surface area (Å²) in [5.74, 6) is -0.140. The quantitative estimate of drug-likeness (QED) is 0.326. The number of carbonyl (C=O) groups excluding carboxylic acids is 1. The molecule has 9 nitrogen and oxygen atoms in total. The van der Waals surface area contributed by atoms with Gasteiger partial charge in [0.05, 0.1) is 21.9 Å². The number of rotatable bonds is 3. The van der Waals surface area contributed by atoms with Crippen LogP contribution in [0.5, 0.6) is 0 Å². The van der Waals surface area contributed by atoms with Gasteiger partial charge < -0.3 is 8.94 Å². The van der Waals surface area contributed by atoms with Crippen molar-refractivity contribution in [1.82, 2.24) is 5.16 Å². The molecule has 0 aliphatic carbocycles. The lowest BCUT2D eigenvalue weighted by Crippen LogP contribution is -2.29. The first kappa shape index (κ1) is 20.0. The summed E-state index contributed by atoms with van der Waals surface area (Å²) in [6, 6.07) is 9.38. The van der Waals surface area contributed by atoms with E-state index in [1.165, 1.54) is 29.2 Å². The number of halogens is 1. The van der Waals surface area contributed by atoms with Crippen LogP contribution in [0.3, 0.4) is 0 Å². The van der Waals surface area contributed by atoms with Gasteiger partial charge in [-0.1, -0.05) is 28.9 Å². The topological polar surface area (TPSA) is 120 Å². The fourth-order valence-corrected chi connectivity index (χ4v) is 4.08. The molecule has 0 N–H and O–H groups in total. The molecule has 32 heavy (non-hydrogen) atoms. The van der Waals surface area contributed by atoms with E-state index in [4.69, 9.17) is 20.5 Å². The molecular weight excluding hydrogens is 438 g/mol. The maximum absolute atomic E-state index is 13.5. The molecule has 1 unspecified atom stereocenters. The summed E-state index contributed by atoms with van der Waals surface area (Å²) in [5.41, 5.74) is 0.700. The van der Waals surface area contributed by atoms with Gasteiger partial charge in [-0.3, -0.25) is 24.6 Å². The van der Waals surface area contributed by atoms with Crippen molar-refractivity contribution in [1.29, 1.82) is 0 Å². The first-order chi connectivity index (χ1) is 15.3. The monoisotopic (exact) mass is 451 g/mol. The highest BCUT2D eigenvalue weighted by Gasteiger charge is 2.45. The third-order valence-electron chi connectivity index (χ3n) is 5.41. The van der Waals surface area contributed by atoms with Crippen LogP contribution in [0, 0.1) is 24.0 Å². The number of hydrogen-bond donors (Lipinski definition) is 0. The van der Waals surface area contributed by atoms with Gasteiger partial charge in [0.15, 0.2) is 11.2 Å². The van der Waals surface area contributed by atoms with E-state index < -0.39 is 22.3 Å². The first-order valence-corrected chi connectivity index (χ1v) is 9.92. The van der Waals surface area contributed by atoms with Gasteiger partial charge in [-0.15, -0.1) is 0 Å². The summed E-state index contributed by atoms with van der Waals surface area (Å²) in [6.07, 6.45) is 0. The smallest absolute Gasteiger partial charge is 0.296 e. The molecule has 0 saturated heterocycles. The summed E-state index contributed by atoms with van der Waals surface area (Å²) in [6.45, 7) is 3.42. The number of nitrogens with zero attached hydrogens (tertiary/aromatic N) is 3. The van der Waals surface area contributed by atoms with Crippen LogP contribution in [0.2, 0.25) is 5.02 Å². The molecule has 2 aromatic carbocycles. The number of amides is 1. The van der Waals surface area contributed by atoms with E-state index in [1.54, 1.807) is 32.0 Å². The van der Waals surface area contributed by atoms with Gasteiger partial charge in [0.1, 0.15) is 11.3 Å². The number of benzene rings is 2. The van der Waals surface area contributed by atoms with E-state index >= 15 is 0 Å². The highest BCUT2D eigenvalue weighted by Crippen LogP contribution is 2.41. The van der Waals surface area contributed by atoms with Crippen molar-refractivity contribution < 1.29 is 18.7 Å². The van der Waals surface area contributed by atoms with E-state index in [-0.39, 0.29) is 33.8 Å². The fourth-order valence-electron chi connectivity index (χ4n) is 3.92. The van der Waals surface area contributed by atoms with Gasteiger partial charge in [-0.05, 0) is 37.1 Å². The Morgan fingerprint density at radius 1 is 1.16 bits per heavy atom. The average molecular weight is 452 g/mol. The molecule has 10 heteroatoms. The largest absolute Gasteiger partial charge is 0.450 e. The zero-order valence-electron chi connectivity index (χ0n) is 16.8. The zero-order valence-corrected chi connectivity index (χ0v) is 17.5. The first-order valence-electron chi connectivity index (χ1n) is 9.54. The van der Waals surface area contributed by atoms with Crippen molar-refractivity contribution in [3.8, 4) is 0 Å². The van der Waals surface area contributed by atoms with Crippen molar-refractivity contribution >= 4 is 40.0 Å². The van der Waals surface area contributed by atoms with Crippen molar-refractivity contribution in [3.05, 3.63) is 96.0 Å². The summed E-state index contributed by atoms with van der Waals surface area (Å²) in [4.78, 5) is 39.0. The maximum atomic E-state index is 13.5. The lowest BCUT2D eigenvalue weighted by molar-refractivity contribution is -0.384. The average Bonchev–Trinajstić information content (AvgIpc) is 3.31. The van der Waals surface area contributed by atoms with E-state index in [0.29, 0.717) is 21.9 Å². The van der Waals surface area contributed by atoms with E-state index in [0.717, 1.165) is 0 Å². The highest BCUT2D eigenvalue weighted by molar-refractivity contribution is 6.32. The molecule has 4 aromatic rings. The normalized spacial score (nSPS) is 15.4. The van der Waals surface area contributed by atoms with Crippen LogP contribution in [-0.4, -0.2) is 16.0 Å². The van der Waals surface area contributed by atoms with Gasteiger partial charge in [0, 0.05) is 23.2 Å². The number of fused-ring (bicyclic) bond motifs is 2. The van der Waals surface area contributed by atoms with Crippen LogP contribution < -0.4 is 10.3 Å². The number of non-ortho nitro benzene ring substituents is 1. The third-order valence-corrected chi connectivity index (χ3v) is 5.82. The minimum Gasteiger partial charge on any atom is -0.450 e. The van der Waals surface area contributed by atoms with Crippen LogP contribution in [0.1, 0.15) is 39.0 Å². The summed E-state index contributed by atoms with van der Waals surface area (Å²) >= 11 is 6.22. The van der Waals surface area contributed by atoms with Crippen LogP contribution in [0.4, 0.5) is 11.5 Å². The Bertz CT molecular complexity index is 1510. The molecule has 0 saturated carbocycles. The van der Waals surface area contributed by atoms with Gasteiger partial charge in [-0.2, -0.15) is 0 Å². The van der Waals surface area contributed by atoms with Gasteiger partial charge in [0.2, 0.25) is 5.76 Å². The fraction of sp³-hybridized carbons (Fsp3) is 0.136. The summed E-state index contributed by atoms with van der Waals surface area (Å²) < 4.78 is 11.0. The summed E-state index contributed by atoms with van der Waals surface area (Å²) in [7, 11) is 0. The number of aromatic nitrogens is 1. The highest BCUT2D eigenvalue weighted by atomic mass is 35.5. The minimum absolute atomic E-state index is 0.0589. The molecule has 0 spiro atoms. The van der Waals surface area contributed by atoms with Gasteiger partial charge >= 0.3 is 0 Å². The van der Waals surface area contributed by atoms with Gasteiger partial charge in [-0.25, -0.2) is 0 Å². The predicted molar refractivity (Wildman–Crippen MR) is 115 cm³/mol. The number of hydrogen-bond acceptors (Lipinski definition) is 7. The Labute approximate surface area is 184 Å².